The van der Waals surface area contributed by atoms with Crippen LogP contribution < -0.4 is 10.6 Å². The molecule has 0 unspecified atom stereocenters. The Labute approximate surface area is 115 Å². The maximum atomic E-state index is 11.5. The summed E-state index contributed by atoms with van der Waals surface area (Å²) in [5, 5.41) is 14.8. The van der Waals surface area contributed by atoms with Crippen molar-refractivity contribution in [2.24, 2.45) is 5.41 Å². The smallest absolute Gasteiger partial charge is 0.314 e. The summed E-state index contributed by atoms with van der Waals surface area (Å²) >= 11 is 1.73. The molecule has 5 heteroatoms. The molecule has 0 aromatic rings. The molecule has 0 saturated heterocycles. The molecule has 0 aliphatic heterocycles. The van der Waals surface area contributed by atoms with E-state index < -0.39 is 0 Å². The Balaban J connectivity index is 3.67. The van der Waals surface area contributed by atoms with Gasteiger partial charge in [0.15, 0.2) is 0 Å². The first-order chi connectivity index (χ1) is 8.22. The molecular weight excluding hydrogens is 248 g/mol. The number of urea groups is 1. The third-order valence-corrected chi connectivity index (χ3v) is 4.22. The highest BCUT2D eigenvalue weighted by Gasteiger charge is 2.17. The van der Waals surface area contributed by atoms with Crippen molar-refractivity contribution < 1.29 is 9.90 Å². The van der Waals surface area contributed by atoms with E-state index in [1.54, 1.807) is 11.8 Å². The van der Waals surface area contributed by atoms with Crippen LogP contribution >= 0.6 is 11.8 Å². The van der Waals surface area contributed by atoms with E-state index in [9.17, 15) is 4.79 Å². The average molecular weight is 276 g/mol. The van der Waals surface area contributed by atoms with E-state index in [2.05, 4.69) is 24.5 Å². The van der Waals surface area contributed by atoms with Crippen LogP contribution in [-0.4, -0.2) is 41.8 Å². The molecule has 0 fully saturated rings. The Morgan fingerprint density at radius 1 is 1.22 bits per heavy atom. The van der Waals surface area contributed by atoms with Gasteiger partial charge in [0.2, 0.25) is 0 Å². The molecule has 0 aliphatic rings. The van der Waals surface area contributed by atoms with Crippen molar-refractivity contribution in [3.8, 4) is 0 Å². The van der Waals surface area contributed by atoms with Gasteiger partial charge >= 0.3 is 6.03 Å². The average Bonchev–Trinajstić information content (AvgIpc) is 2.32. The summed E-state index contributed by atoms with van der Waals surface area (Å²) in [6, 6.07) is -0.112. The van der Waals surface area contributed by atoms with Gasteiger partial charge < -0.3 is 15.7 Å². The van der Waals surface area contributed by atoms with Gasteiger partial charge in [-0.2, -0.15) is 11.8 Å². The second-order valence-electron chi connectivity index (χ2n) is 6.00. The number of hydrogen-bond acceptors (Lipinski definition) is 3. The van der Waals surface area contributed by atoms with Crippen LogP contribution in [0.4, 0.5) is 4.79 Å². The zero-order valence-electron chi connectivity index (χ0n) is 12.3. The first-order valence-electron chi connectivity index (χ1n) is 6.40. The van der Waals surface area contributed by atoms with E-state index in [0.717, 1.165) is 12.8 Å². The molecular formula is C13H28N2O2S. The summed E-state index contributed by atoms with van der Waals surface area (Å²) in [4.78, 5) is 11.5. The van der Waals surface area contributed by atoms with E-state index in [1.165, 1.54) is 0 Å². The van der Waals surface area contributed by atoms with Crippen molar-refractivity contribution in [2.75, 3.05) is 26.0 Å². The molecule has 0 heterocycles. The second-order valence-corrected chi connectivity index (χ2v) is 7.51. The molecule has 108 valence electrons. The van der Waals surface area contributed by atoms with E-state index >= 15 is 0 Å². The molecule has 2 amide bonds. The first-order valence-corrected chi connectivity index (χ1v) is 7.63. The number of carbonyl (C=O) groups is 1. The molecule has 0 spiro atoms. The topological polar surface area (TPSA) is 61.4 Å². The van der Waals surface area contributed by atoms with Crippen molar-refractivity contribution in [1.29, 1.82) is 0 Å². The highest BCUT2D eigenvalue weighted by Crippen LogP contribution is 2.20. The molecule has 0 aromatic heterocycles. The van der Waals surface area contributed by atoms with E-state index in [4.69, 9.17) is 5.11 Å². The van der Waals surface area contributed by atoms with Gasteiger partial charge in [0.05, 0.1) is 0 Å². The SMILES string of the molecule is CSC(C)(C)CNC(=O)NCCCC(C)(C)CO. The van der Waals surface area contributed by atoms with Gasteiger partial charge in [-0.25, -0.2) is 4.79 Å². The third-order valence-electron chi connectivity index (χ3n) is 2.97. The minimum atomic E-state index is -0.112. The number of amides is 2. The summed E-state index contributed by atoms with van der Waals surface area (Å²) in [5.41, 5.74) is -0.0565. The standard InChI is InChI=1S/C13H28N2O2S/c1-12(2,10-16)7-6-8-14-11(17)15-9-13(3,4)18-5/h16H,6-10H2,1-5H3,(H2,14,15,17). The minimum absolute atomic E-state index is 0.0565. The Kier molecular flexibility index (Phi) is 7.71. The van der Waals surface area contributed by atoms with Crippen molar-refractivity contribution >= 4 is 17.8 Å². The summed E-state index contributed by atoms with van der Waals surface area (Å²) in [6.07, 6.45) is 3.82. The lowest BCUT2D eigenvalue weighted by molar-refractivity contribution is 0.148. The number of rotatable bonds is 8. The molecule has 0 atom stereocenters. The zero-order valence-corrected chi connectivity index (χ0v) is 13.1. The van der Waals surface area contributed by atoms with Gasteiger partial charge in [0, 0.05) is 24.4 Å². The molecule has 18 heavy (non-hydrogen) atoms. The van der Waals surface area contributed by atoms with Crippen LogP contribution in [0.3, 0.4) is 0 Å². The maximum Gasteiger partial charge on any atom is 0.314 e. The predicted octanol–water partition coefficient (Wildman–Crippen LogP) is 2.23. The number of hydrogen-bond donors (Lipinski definition) is 3. The summed E-state index contributed by atoms with van der Waals surface area (Å²) in [6.45, 7) is 9.73. The molecule has 0 rings (SSSR count). The Hall–Kier alpha value is -0.420. The normalized spacial score (nSPS) is 12.3. The molecule has 0 radical (unpaired) electrons. The van der Waals surface area contributed by atoms with Gasteiger partial charge in [0.25, 0.3) is 0 Å². The fourth-order valence-electron chi connectivity index (χ4n) is 1.28. The fourth-order valence-corrected chi connectivity index (χ4v) is 1.49. The van der Waals surface area contributed by atoms with Crippen LogP contribution in [0.15, 0.2) is 0 Å². The van der Waals surface area contributed by atoms with Crippen molar-refractivity contribution in [1.82, 2.24) is 10.6 Å². The fraction of sp³-hybridized carbons (Fsp3) is 0.923. The van der Waals surface area contributed by atoms with Gasteiger partial charge in [-0.05, 0) is 38.4 Å². The van der Waals surface area contributed by atoms with Crippen LogP contribution in [0.2, 0.25) is 0 Å². The molecule has 4 nitrogen and oxygen atoms in total. The number of thioether (sulfide) groups is 1. The van der Waals surface area contributed by atoms with E-state index in [1.807, 2.05) is 20.1 Å². The largest absolute Gasteiger partial charge is 0.396 e. The van der Waals surface area contributed by atoms with E-state index in [0.29, 0.717) is 13.1 Å². The molecule has 0 bridgehead atoms. The summed E-state index contributed by atoms with van der Waals surface area (Å²) < 4.78 is 0.0657. The second kappa shape index (κ2) is 7.89. The van der Waals surface area contributed by atoms with Crippen molar-refractivity contribution in [2.45, 2.75) is 45.3 Å². The number of aliphatic hydroxyl groups excluding tert-OH is 1. The van der Waals surface area contributed by atoms with Gasteiger partial charge in [-0.1, -0.05) is 13.8 Å². The molecule has 0 aliphatic carbocycles. The zero-order chi connectivity index (χ0) is 14.2. The Morgan fingerprint density at radius 3 is 2.33 bits per heavy atom. The first kappa shape index (κ1) is 17.6. The van der Waals surface area contributed by atoms with Crippen LogP contribution in [0.25, 0.3) is 0 Å². The Morgan fingerprint density at radius 2 is 1.83 bits per heavy atom. The summed E-state index contributed by atoms with van der Waals surface area (Å²) in [5.74, 6) is 0. The lowest BCUT2D eigenvalue weighted by Gasteiger charge is -2.23. The van der Waals surface area contributed by atoms with Crippen molar-refractivity contribution in [3.05, 3.63) is 0 Å². The predicted molar refractivity (Wildman–Crippen MR) is 79.1 cm³/mol. The lowest BCUT2D eigenvalue weighted by atomic mass is 9.89. The molecule has 0 saturated carbocycles. The van der Waals surface area contributed by atoms with E-state index in [-0.39, 0.29) is 22.8 Å². The van der Waals surface area contributed by atoms with Crippen LogP contribution in [0.5, 0.6) is 0 Å². The van der Waals surface area contributed by atoms with Crippen LogP contribution in [0, 0.1) is 5.41 Å². The van der Waals surface area contributed by atoms with Crippen molar-refractivity contribution in [3.63, 3.8) is 0 Å². The molecule has 3 N–H and O–H groups in total. The number of aliphatic hydroxyl groups is 1. The number of carbonyl (C=O) groups excluding carboxylic acids is 1. The Bertz CT molecular complexity index is 255. The van der Waals surface area contributed by atoms with Crippen LogP contribution in [0.1, 0.15) is 40.5 Å². The minimum Gasteiger partial charge on any atom is -0.396 e. The van der Waals surface area contributed by atoms with Crippen LogP contribution in [-0.2, 0) is 0 Å². The highest BCUT2D eigenvalue weighted by molar-refractivity contribution is 7.99. The number of nitrogens with one attached hydrogen (secondary N) is 2. The van der Waals surface area contributed by atoms with Gasteiger partial charge in [-0.15, -0.1) is 0 Å². The molecule has 0 aromatic carbocycles. The maximum absolute atomic E-state index is 11.5. The quantitative estimate of drug-likeness (QED) is 0.596. The third kappa shape index (κ3) is 8.64. The van der Waals surface area contributed by atoms with Gasteiger partial charge in [0.1, 0.15) is 0 Å². The monoisotopic (exact) mass is 276 g/mol. The highest BCUT2D eigenvalue weighted by atomic mass is 32.2. The van der Waals surface area contributed by atoms with Gasteiger partial charge in [-0.3, -0.25) is 0 Å². The summed E-state index contributed by atoms with van der Waals surface area (Å²) in [7, 11) is 0. The lowest BCUT2D eigenvalue weighted by Crippen LogP contribution is -2.42.